The second-order valence-corrected chi connectivity index (χ2v) is 5.59. The standard InChI is InChI=1S/C14H13NO3S2/c1-18-14(17)12-9-8-11(20-12)13(16)15(19-2)10-6-4-3-5-7-10/h3-9H,1-2H3. The molecule has 2 rings (SSSR count). The first-order valence-electron chi connectivity index (χ1n) is 5.79. The molecule has 0 aliphatic rings. The van der Waals surface area contributed by atoms with E-state index in [2.05, 4.69) is 4.74 Å². The molecule has 0 saturated carbocycles. The molecule has 1 aromatic carbocycles. The molecule has 6 heteroatoms. The number of hydrogen-bond acceptors (Lipinski definition) is 5. The quantitative estimate of drug-likeness (QED) is 0.641. The van der Waals surface area contributed by atoms with Crippen molar-refractivity contribution in [3.63, 3.8) is 0 Å². The van der Waals surface area contributed by atoms with Crippen LogP contribution >= 0.6 is 23.3 Å². The number of para-hydroxylation sites is 1. The second-order valence-electron chi connectivity index (χ2n) is 3.77. The Morgan fingerprint density at radius 2 is 1.75 bits per heavy atom. The van der Waals surface area contributed by atoms with Crippen LogP contribution in [0, 0.1) is 0 Å². The number of amides is 1. The van der Waals surface area contributed by atoms with Gasteiger partial charge in [0.2, 0.25) is 0 Å². The van der Waals surface area contributed by atoms with Gasteiger partial charge in [0.25, 0.3) is 5.91 Å². The van der Waals surface area contributed by atoms with Gasteiger partial charge in [0.05, 0.1) is 17.7 Å². The molecule has 0 saturated heterocycles. The van der Waals surface area contributed by atoms with Crippen LogP contribution in [0.3, 0.4) is 0 Å². The molecule has 1 amide bonds. The van der Waals surface area contributed by atoms with E-state index in [9.17, 15) is 9.59 Å². The Morgan fingerprint density at radius 3 is 2.35 bits per heavy atom. The van der Waals surface area contributed by atoms with Gasteiger partial charge in [0.1, 0.15) is 4.88 Å². The zero-order valence-corrected chi connectivity index (χ0v) is 12.7. The van der Waals surface area contributed by atoms with Gasteiger partial charge in [-0.2, -0.15) is 0 Å². The molecule has 2 aromatic rings. The minimum atomic E-state index is -0.426. The lowest BCUT2D eigenvalue weighted by Gasteiger charge is -2.18. The average Bonchev–Trinajstić information content (AvgIpc) is 2.98. The van der Waals surface area contributed by atoms with E-state index in [1.165, 1.54) is 19.1 Å². The maximum atomic E-state index is 12.5. The molecule has 104 valence electrons. The Kier molecular flexibility index (Phi) is 4.81. The van der Waals surface area contributed by atoms with E-state index in [0.717, 1.165) is 17.0 Å². The number of methoxy groups -OCH3 is 1. The van der Waals surface area contributed by atoms with Gasteiger partial charge in [0.15, 0.2) is 0 Å². The lowest BCUT2D eigenvalue weighted by atomic mass is 10.3. The summed E-state index contributed by atoms with van der Waals surface area (Å²) in [4.78, 5) is 24.8. The monoisotopic (exact) mass is 307 g/mol. The number of carbonyl (C=O) groups is 2. The van der Waals surface area contributed by atoms with E-state index in [0.29, 0.717) is 9.75 Å². The van der Waals surface area contributed by atoms with Gasteiger partial charge in [-0.05, 0) is 36.2 Å². The van der Waals surface area contributed by atoms with Crippen LogP contribution in [0.1, 0.15) is 19.3 Å². The predicted molar refractivity (Wildman–Crippen MR) is 82.4 cm³/mol. The highest BCUT2D eigenvalue weighted by atomic mass is 32.2. The van der Waals surface area contributed by atoms with Crippen molar-refractivity contribution in [1.82, 2.24) is 0 Å². The van der Waals surface area contributed by atoms with Gasteiger partial charge in [-0.1, -0.05) is 18.2 Å². The summed E-state index contributed by atoms with van der Waals surface area (Å²) in [6.07, 6.45) is 1.83. The van der Waals surface area contributed by atoms with Crippen molar-refractivity contribution < 1.29 is 14.3 Å². The first-order valence-corrected chi connectivity index (χ1v) is 7.79. The van der Waals surface area contributed by atoms with E-state index < -0.39 is 5.97 Å². The highest BCUT2D eigenvalue weighted by Gasteiger charge is 2.20. The van der Waals surface area contributed by atoms with Crippen molar-refractivity contribution in [3.05, 3.63) is 52.2 Å². The van der Waals surface area contributed by atoms with Crippen molar-refractivity contribution in [3.8, 4) is 0 Å². The first-order chi connectivity index (χ1) is 9.67. The number of thiophene rings is 1. The Hall–Kier alpha value is -1.79. The molecule has 1 aromatic heterocycles. The van der Waals surface area contributed by atoms with Gasteiger partial charge in [0, 0.05) is 6.26 Å². The molecule has 0 fully saturated rings. The summed E-state index contributed by atoms with van der Waals surface area (Å²) in [5.41, 5.74) is 0.804. The summed E-state index contributed by atoms with van der Waals surface area (Å²) in [5.74, 6) is -0.576. The molecule has 0 radical (unpaired) electrons. The molecule has 0 aliphatic carbocycles. The van der Waals surface area contributed by atoms with E-state index in [4.69, 9.17) is 0 Å². The smallest absolute Gasteiger partial charge is 0.348 e. The van der Waals surface area contributed by atoms with Gasteiger partial charge in [-0.3, -0.25) is 4.79 Å². The average molecular weight is 307 g/mol. The van der Waals surface area contributed by atoms with E-state index >= 15 is 0 Å². The number of carbonyl (C=O) groups excluding carboxylic acids is 2. The fraction of sp³-hybridized carbons (Fsp3) is 0.143. The fourth-order valence-electron chi connectivity index (χ4n) is 1.63. The Balaban J connectivity index is 2.25. The molecule has 0 unspecified atom stereocenters. The van der Waals surface area contributed by atoms with Crippen LogP contribution in [0.25, 0.3) is 0 Å². The molecule has 0 aliphatic heterocycles. The topological polar surface area (TPSA) is 46.6 Å². The van der Waals surface area contributed by atoms with Crippen LogP contribution in [-0.2, 0) is 4.74 Å². The molecule has 0 bridgehead atoms. The maximum absolute atomic E-state index is 12.5. The van der Waals surface area contributed by atoms with Crippen LogP contribution in [-0.4, -0.2) is 25.2 Å². The molecule has 20 heavy (non-hydrogen) atoms. The molecule has 0 spiro atoms. The summed E-state index contributed by atoms with van der Waals surface area (Å²) in [7, 11) is 1.32. The van der Waals surface area contributed by atoms with Crippen LogP contribution in [0.5, 0.6) is 0 Å². The number of esters is 1. The minimum Gasteiger partial charge on any atom is -0.465 e. The summed E-state index contributed by atoms with van der Waals surface area (Å²) in [5, 5.41) is 0. The number of ether oxygens (including phenoxy) is 1. The third-order valence-electron chi connectivity index (χ3n) is 2.56. The van der Waals surface area contributed by atoms with Crippen molar-refractivity contribution in [2.45, 2.75) is 0 Å². The molecule has 0 atom stereocenters. The molecule has 4 nitrogen and oxygen atoms in total. The van der Waals surface area contributed by atoms with E-state index in [1.54, 1.807) is 16.4 Å². The summed E-state index contributed by atoms with van der Waals surface area (Å²) in [6, 6.07) is 12.6. The highest BCUT2D eigenvalue weighted by Crippen LogP contribution is 2.26. The van der Waals surface area contributed by atoms with Crippen LogP contribution in [0.4, 0.5) is 5.69 Å². The van der Waals surface area contributed by atoms with Gasteiger partial charge < -0.3 is 4.74 Å². The number of benzene rings is 1. The third-order valence-corrected chi connectivity index (χ3v) is 4.36. The van der Waals surface area contributed by atoms with Gasteiger partial charge >= 0.3 is 5.97 Å². The van der Waals surface area contributed by atoms with Crippen LogP contribution in [0.2, 0.25) is 0 Å². The van der Waals surface area contributed by atoms with Crippen molar-refractivity contribution >= 4 is 40.8 Å². The number of nitrogens with zero attached hydrogens (tertiary/aromatic N) is 1. The van der Waals surface area contributed by atoms with Crippen molar-refractivity contribution in [1.29, 1.82) is 0 Å². The summed E-state index contributed by atoms with van der Waals surface area (Å²) < 4.78 is 6.23. The number of hydrogen-bond donors (Lipinski definition) is 0. The molecular formula is C14H13NO3S2. The van der Waals surface area contributed by atoms with Crippen molar-refractivity contribution in [2.24, 2.45) is 0 Å². The normalized spacial score (nSPS) is 10.1. The lowest BCUT2D eigenvalue weighted by molar-refractivity contribution is 0.0606. The zero-order valence-electron chi connectivity index (χ0n) is 11.0. The Labute approximate surface area is 125 Å². The van der Waals surface area contributed by atoms with Gasteiger partial charge in [-0.15, -0.1) is 11.3 Å². The van der Waals surface area contributed by atoms with Crippen LogP contribution in [0.15, 0.2) is 42.5 Å². The number of rotatable bonds is 4. The molecular weight excluding hydrogens is 294 g/mol. The van der Waals surface area contributed by atoms with E-state index in [1.807, 2.05) is 36.6 Å². The minimum absolute atomic E-state index is 0.149. The SMILES string of the molecule is COC(=O)c1ccc(C(=O)N(SC)c2ccccc2)s1. The molecule has 0 N–H and O–H groups in total. The summed E-state index contributed by atoms with van der Waals surface area (Å²) >= 11 is 2.46. The molecule has 1 heterocycles. The Morgan fingerprint density at radius 1 is 1.10 bits per heavy atom. The van der Waals surface area contributed by atoms with Crippen LogP contribution < -0.4 is 4.31 Å². The van der Waals surface area contributed by atoms with Gasteiger partial charge in [-0.25, -0.2) is 9.10 Å². The fourth-order valence-corrected chi connectivity index (χ4v) is 3.14. The third kappa shape index (κ3) is 3.02. The lowest BCUT2D eigenvalue weighted by Crippen LogP contribution is -2.22. The Bertz CT molecular complexity index is 610. The van der Waals surface area contributed by atoms with E-state index in [-0.39, 0.29) is 5.91 Å². The maximum Gasteiger partial charge on any atom is 0.348 e. The number of anilines is 1. The van der Waals surface area contributed by atoms with Crippen molar-refractivity contribution in [2.75, 3.05) is 17.7 Å². The second kappa shape index (κ2) is 6.58. The zero-order chi connectivity index (χ0) is 14.5. The predicted octanol–water partition coefficient (Wildman–Crippen LogP) is 3.46. The summed E-state index contributed by atoms with van der Waals surface area (Å²) in [6.45, 7) is 0. The largest absolute Gasteiger partial charge is 0.465 e. The first kappa shape index (κ1) is 14.6. The highest BCUT2D eigenvalue weighted by molar-refractivity contribution is 8.00.